The van der Waals surface area contributed by atoms with Crippen LogP contribution in [0.3, 0.4) is 0 Å². The first-order valence-corrected chi connectivity index (χ1v) is 5.17. The summed E-state index contributed by atoms with van der Waals surface area (Å²) >= 11 is 0. The lowest BCUT2D eigenvalue weighted by Gasteiger charge is -2.28. The number of Topliss-reactive ketones (excluding diaryl/α,β-unsaturated/α-hetero) is 1. The van der Waals surface area contributed by atoms with Crippen LogP contribution in [0.5, 0.6) is 0 Å². The zero-order valence-electron chi connectivity index (χ0n) is 8.89. The van der Waals surface area contributed by atoms with Gasteiger partial charge < -0.3 is 0 Å². The van der Waals surface area contributed by atoms with Gasteiger partial charge in [-0.3, -0.25) is 4.79 Å². The molecule has 1 nitrogen and oxygen atoms in total. The van der Waals surface area contributed by atoms with Crippen molar-refractivity contribution in [3.05, 3.63) is 35.5 Å². The summed E-state index contributed by atoms with van der Waals surface area (Å²) < 4.78 is 0. The van der Waals surface area contributed by atoms with Gasteiger partial charge in [-0.1, -0.05) is 24.3 Å². The van der Waals surface area contributed by atoms with Crippen LogP contribution in [-0.4, -0.2) is 5.78 Å². The molecule has 1 spiro atoms. The molecule has 1 heteroatoms. The van der Waals surface area contributed by atoms with Crippen molar-refractivity contribution in [2.75, 3.05) is 0 Å². The Morgan fingerprint density at radius 3 is 2.29 bits per heavy atom. The molecule has 0 atom stereocenters. The average Bonchev–Trinajstić information content (AvgIpc) is 2.44. The fraction of sp³-hybridized carbons (Fsp3) is 0.462. The Balaban J connectivity index is 2.48. The molecule has 0 saturated heterocycles. The highest BCUT2D eigenvalue weighted by Gasteiger charge is 2.36. The number of hydrogen-bond acceptors (Lipinski definition) is 1. The SMILES string of the molecule is C=C1CCCC12C=C(C)C(=O)C(C)=C2. The number of ketones is 1. The largest absolute Gasteiger partial charge is 0.289 e. The fourth-order valence-corrected chi connectivity index (χ4v) is 2.61. The molecule has 0 amide bonds. The van der Waals surface area contributed by atoms with E-state index in [1.165, 1.54) is 12.0 Å². The first kappa shape index (κ1) is 9.45. The molecular weight excluding hydrogens is 172 g/mol. The van der Waals surface area contributed by atoms with E-state index in [4.69, 9.17) is 0 Å². The molecule has 1 saturated carbocycles. The Bertz CT molecular complexity index is 347. The van der Waals surface area contributed by atoms with Crippen molar-refractivity contribution < 1.29 is 4.79 Å². The molecule has 74 valence electrons. The quantitative estimate of drug-likeness (QED) is 0.533. The topological polar surface area (TPSA) is 17.1 Å². The normalized spacial score (nSPS) is 25.3. The first-order valence-electron chi connectivity index (χ1n) is 5.17. The van der Waals surface area contributed by atoms with Gasteiger partial charge in [0.25, 0.3) is 0 Å². The standard InChI is InChI=1S/C13H16O/c1-9-7-13(6-4-5-11(13)3)8-10(2)12(9)14/h7-8H,3-6H2,1-2H3. The smallest absolute Gasteiger partial charge is 0.183 e. The van der Waals surface area contributed by atoms with Gasteiger partial charge in [0.05, 0.1) is 0 Å². The molecule has 0 aliphatic heterocycles. The van der Waals surface area contributed by atoms with Gasteiger partial charge in [-0.15, -0.1) is 0 Å². The highest BCUT2D eigenvalue weighted by molar-refractivity contribution is 6.08. The van der Waals surface area contributed by atoms with Crippen LogP contribution in [-0.2, 0) is 4.79 Å². The molecule has 14 heavy (non-hydrogen) atoms. The summed E-state index contributed by atoms with van der Waals surface area (Å²) in [6.07, 6.45) is 7.63. The Morgan fingerprint density at radius 2 is 1.86 bits per heavy atom. The molecule has 1 fully saturated rings. The Morgan fingerprint density at radius 1 is 1.29 bits per heavy atom. The molecule has 0 bridgehead atoms. The minimum atomic E-state index is 0.0159. The van der Waals surface area contributed by atoms with Crippen LogP contribution < -0.4 is 0 Å². The van der Waals surface area contributed by atoms with E-state index < -0.39 is 0 Å². The maximum atomic E-state index is 11.6. The first-order chi connectivity index (χ1) is 6.55. The molecule has 0 aromatic heterocycles. The third kappa shape index (κ3) is 1.19. The van der Waals surface area contributed by atoms with Crippen molar-refractivity contribution in [3.63, 3.8) is 0 Å². The van der Waals surface area contributed by atoms with Crippen LogP contribution in [0.4, 0.5) is 0 Å². The number of rotatable bonds is 0. The lowest BCUT2D eigenvalue weighted by atomic mass is 9.75. The zero-order chi connectivity index (χ0) is 10.3. The van der Waals surface area contributed by atoms with Crippen molar-refractivity contribution in [1.82, 2.24) is 0 Å². The van der Waals surface area contributed by atoms with Crippen molar-refractivity contribution in [1.29, 1.82) is 0 Å². The molecule has 0 N–H and O–H groups in total. The van der Waals surface area contributed by atoms with E-state index in [2.05, 4.69) is 18.7 Å². The number of allylic oxidation sites excluding steroid dienone is 5. The summed E-state index contributed by atoms with van der Waals surface area (Å²) in [5, 5.41) is 0. The molecule has 0 aromatic rings. The van der Waals surface area contributed by atoms with E-state index in [0.29, 0.717) is 0 Å². The summed E-state index contributed by atoms with van der Waals surface area (Å²) in [7, 11) is 0. The van der Waals surface area contributed by atoms with E-state index >= 15 is 0 Å². The summed E-state index contributed by atoms with van der Waals surface area (Å²) in [6.45, 7) is 7.94. The third-order valence-corrected chi connectivity index (χ3v) is 3.39. The molecule has 2 aliphatic rings. The average molecular weight is 188 g/mol. The van der Waals surface area contributed by atoms with Crippen LogP contribution in [0.15, 0.2) is 35.5 Å². The van der Waals surface area contributed by atoms with Gasteiger partial charge in [0.2, 0.25) is 0 Å². The molecule has 2 rings (SSSR count). The van der Waals surface area contributed by atoms with Gasteiger partial charge >= 0.3 is 0 Å². The summed E-state index contributed by atoms with van der Waals surface area (Å²) in [6, 6.07) is 0. The van der Waals surface area contributed by atoms with Crippen molar-refractivity contribution in [2.45, 2.75) is 33.1 Å². The van der Waals surface area contributed by atoms with Gasteiger partial charge in [-0.2, -0.15) is 0 Å². The predicted molar refractivity (Wildman–Crippen MR) is 57.9 cm³/mol. The second-order valence-electron chi connectivity index (χ2n) is 4.48. The number of carbonyl (C=O) groups excluding carboxylic acids is 1. The van der Waals surface area contributed by atoms with Gasteiger partial charge in [0.1, 0.15) is 0 Å². The summed E-state index contributed by atoms with van der Waals surface area (Å²) in [5.41, 5.74) is 3.05. The van der Waals surface area contributed by atoms with Gasteiger partial charge in [-0.05, 0) is 44.3 Å². The van der Waals surface area contributed by atoms with Crippen LogP contribution in [0.2, 0.25) is 0 Å². The van der Waals surface area contributed by atoms with Crippen LogP contribution >= 0.6 is 0 Å². The maximum Gasteiger partial charge on any atom is 0.183 e. The molecule has 2 aliphatic carbocycles. The Labute approximate surface area is 85.2 Å². The zero-order valence-corrected chi connectivity index (χ0v) is 8.89. The molecule has 0 heterocycles. The minimum absolute atomic E-state index is 0.0159. The maximum absolute atomic E-state index is 11.6. The summed E-state index contributed by atoms with van der Waals surface area (Å²) in [4.78, 5) is 11.6. The van der Waals surface area contributed by atoms with Crippen molar-refractivity contribution >= 4 is 5.78 Å². The van der Waals surface area contributed by atoms with Gasteiger partial charge in [0, 0.05) is 5.41 Å². The van der Waals surface area contributed by atoms with E-state index in [1.807, 2.05) is 13.8 Å². The number of hydrogen-bond donors (Lipinski definition) is 0. The second kappa shape index (κ2) is 2.94. The number of carbonyl (C=O) groups is 1. The lowest BCUT2D eigenvalue weighted by molar-refractivity contribution is -0.112. The van der Waals surface area contributed by atoms with E-state index in [9.17, 15) is 4.79 Å². The minimum Gasteiger partial charge on any atom is -0.289 e. The highest BCUT2D eigenvalue weighted by Crippen LogP contribution is 2.47. The van der Waals surface area contributed by atoms with Crippen molar-refractivity contribution in [2.24, 2.45) is 5.41 Å². The van der Waals surface area contributed by atoms with Gasteiger partial charge in [-0.25, -0.2) is 0 Å². The molecule has 0 radical (unpaired) electrons. The third-order valence-electron chi connectivity index (χ3n) is 3.39. The van der Waals surface area contributed by atoms with E-state index in [-0.39, 0.29) is 11.2 Å². The van der Waals surface area contributed by atoms with Crippen molar-refractivity contribution in [3.8, 4) is 0 Å². The van der Waals surface area contributed by atoms with Gasteiger partial charge in [0.15, 0.2) is 5.78 Å². The fourth-order valence-electron chi connectivity index (χ4n) is 2.61. The summed E-state index contributed by atoms with van der Waals surface area (Å²) in [5.74, 6) is 0.190. The predicted octanol–water partition coefficient (Wildman–Crippen LogP) is 3.19. The van der Waals surface area contributed by atoms with Crippen LogP contribution in [0.25, 0.3) is 0 Å². The molecule has 0 unspecified atom stereocenters. The molecule has 0 aromatic carbocycles. The highest BCUT2D eigenvalue weighted by atomic mass is 16.1. The monoisotopic (exact) mass is 188 g/mol. The second-order valence-corrected chi connectivity index (χ2v) is 4.48. The van der Waals surface area contributed by atoms with Crippen LogP contribution in [0.1, 0.15) is 33.1 Å². The van der Waals surface area contributed by atoms with E-state index in [0.717, 1.165) is 24.0 Å². The lowest BCUT2D eigenvalue weighted by Crippen LogP contribution is -2.21. The Hall–Kier alpha value is -1.11. The van der Waals surface area contributed by atoms with E-state index in [1.54, 1.807) is 0 Å². The molecular formula is C13H16O. The van der Waals surface area contributed by atoms with Crippen LogP contribution in [0, 0.1) is 5.41 Å². The Kier molecular flexibility index (Phi) is 1.99.